The molecule has 0 unspecified atom stereocenters. The molecule has 0 radical (unpaired) electrons. The maximum Gasteiger partial charge on any atom is 0.251 e. The predicted octanol–water partition coefficient (Wildman–Crippen LogP) is 4.39. The molecule has 3 aromatic carbocycles. The molecule has 7 heteroatoms. The van der Waals surface area contributed by atoms with Crippen LogP contribution in [-0.2, 0) is 16.6 Å². The molecule has 0 atom stereocenters. The van der Waals surface area contributed by atoms with Gasteiger partial charge in [0.05, 0.1) is 25.0 Å². The minimum atomic E-state index is -3.48. The van der Waals surface area contributed by atoms with Crippen LogP contribution in [-0.4, -0.2) is 33.7 Å². The summed E-state index contributed by atoms with van der Waals surface area (Å²) in [6.45, 7) is 6.74. The monoisotopic (exact) mass is 466 g/mol. The zero-order chi connectivity index (χ0) is 24.0. The van der Waals surface area contributed by atoms with E-state index in [1.807, 2.05) is 63.2 Å². The SMILES string of the molecule is Cc1ccc(C)c(N(Cc2ccc(C(=O)NCCOc3ccccc3C)cc2)S(C)(=O)=O)c1. The van der Waals surface area contributed by atoms with E-state index in [0.717, 1.165) is 28.0 Å². The molecule has 3 rings (SSSR count). The Bertz CT molecular complexity index is 1220. The third-order valence-electron chi connectivity index (χ3n) is 5.31. The van der Waals surface area contributed by atoms with Gasteiger partial charge >= 0.3 is 0 Å². The summed E-state index contributed by atoms with van der Waals surface area (Å²) in [5.41, 5.74) is 4.88. The van der Waals surface area contributed by atoms with Gasteiger partial charge in [0, 0.05) is 5.56 Å². The molecule has 1 N–H and O–H groups in total. The van der Waals surface area contributed by atoms with Crippen LogP contribution >= 0.6 is 0 Å². The number of nitrogens with zero attached hydrogens (tertiary/aromatic N) is 1. The highest BCUT2D eigenvalue weighted by Crippen LogP contribution is 2.26. The number of rotatable bonds is 9. The molecular weight excluding hydrogens is 436 g/mol. The van der Waals surface area contributed by atoms with Crippen LogP contribution in [0.25, 0.3) is 0 Å². The summed E-state index contributed by atoms with van der Waals surface area (Å²) < 4.78 is 32.1. The smallest absolute Gasteiger partial charge is 0.251 e. The first kappa shape index (κ1) is 24.3. The fourth-order valence-electron chi connectivity index (χ4n) is 3.44. The standard InChI is InChI=1S/C26H30N2O4S/c1-19-9-10-20(2)24(17-19)28(33(4,30)31)18-22-11-13-23(14-12-22)26(29)27-15-16-32-25-8-6-5-7-21(25)3/h5-14,17H,15-16,18H2,1-4H3,(H,27,29). The van der Waals surface area contributed by atoms with Gasteiger partial charge < -0.3 is 10.1 Å². The van der Waals surface area contributed by atoms with Crippen molar-refractivity contribution in [2.24, 2.45) is 0 Å². The summed E-state index contributed by atoms with van der Waals surface area (Å²) in [6, 6.07) is 20.4. The van der Waals surface area contributed by atoms with Crippen molar-refractivity contribution in [1.29, 1.82) is 0 Å². The number of hydrogen-bond acceptors (Lipinski definition) is 4. The molecule has 6 nitrogen and oxygen atoms in total. The Hall–Kier alpha value is -3.32. The first-order valence-electron chi connectivity index (χ1n) is 10.8. The van der Waals surface area contributed by atoms with E-state index in [0.29, 0.717) is 24.4 Å². The molecule has 0 aliphatic rings. The number of amides is 1. The number of para-hydroxylation sites is 1. The second-order valence-corrected chi connectivity index (χ2v) is 10.0. The molecule has 0 heterocycles. The average molecular weight is 467 g/mol. The number of aryl methyl sites for hydroxylation is 3. The predicted molar refractivity (Wildman–Crippen MR) is 132 cm³/mol. The Morgan fingerprint density at radius 1 is 0.939 bits per heavy atom. The molecule has 0 spiro atoms. The van der Waals surface area contributed by atoms with E-state index in [2.05, 4.69) is 5.32 Å². The van der Waals surface area contributed by atoms with E-state index in [1.54, 1.807) is 24.3 Å². The first-order chi connectivity index (χ1) is 15.6. The van der Waals surface area contributed by atoms with Gasteiger partial charge in [-0.25, -0.2) is 8.42 Å². The van der Waals surface area contributed by atoms with Gasteiger partial charge in [0.2, 0.25) is 10.0 Å². The third-order valence-corrected chi connectivity index (χ3v) is 6.44. The van der Waals surface area contributed by atoms with Crippen LogP contribution < -0.4 is 14.4 Å². The zero-order valence-electron chi connectivity index (χ0n) is 19.5. The van der Waals surface area contributed by atoms with E-state index >= 15 is 0 Å². The van der Waals surface area contributed by atoms with Gasteiger partial charge in [0.1, 0.15) is 12.4 Å². The lowest BCUT2D eigenvalue weighted by Crippen LogP contribution is -2.30. The highest BCUT2D eigenvalue weighted by atomic mass is 32.2. The molecule has 3 aromatic rings. The fourth-order valence-corrected chi connectivity index (χ4v) is 4.38. The van der Waals surface area contributed by atoms with Gasteiger partial charge in [0.25, 0.3) is 5.91 Å². The summed E-state index contributed by atoms with van der Waals surface area (Å²) in [5, 5.41) is 2.84. The van der Waals surface area contributed by atoms with Crippen LogP contribution in [0.4, 0.5) is 5.69 Å². The molecular formula is C26H30N2O4S. The molecule has 0 fully saturated rings. The van der Waals surface area contributed by atoms with Crippen LogP contribution in [0.2, 0.25) is 0 Å². The van der Waals surface area contributed by atoms with E-state index in [4.69, 9.17) is 4.74 Å². The summed E-state index contributed by atoms with van der Waals surface area (Å²) >= 11 is 0. The number of ether oxygens (including phenoxy) is 1. The van der Waals surface area contributed by atoms with Gasteiger partial charge in [-0.05, 0) is 67.3 Å². The van der Waals surface area contributed by atoms with Gasteiger partial charge in [-0.2, -0.15) is 0 Å². The number of carbonyl (C=O) groups is 1. The largest absolute Gasteiger partial charge is 0.491 e. The Kier molecular flexibility index (Phi) is 7.76. The van der Waals surface area contributed by atoms with Gasteiger partial charge in [-0.1, -0.05) is 42.5 Å². The summed E-state index contributed by atoms with van der Waals surface area (Å²) in [6.07, 6.45) is 1.20. The quantitative estimate of drug-likeness (QED) is 0.475. The van der Waals surface area contributed by atoms with Crippen LogP contribution in [0.1, 0.15) is 32.6 Å². The van der Waals surface area contributed by atoms with Crippen LogP contribution in [0.5, 0.6) is 5.75 Å². The molecule has 0 saturated heterocycles. The zero-order valence-corrected chi connectivity index (χ0v) is 20.3. The Labute approximate surface area is 196 Å². The van der Waals surface area contributed by atoms with Crippen LogP contribution in [0.3, 0.4) is 0 Å². The molecule has 174 valence electrons. The normalized spacial score (nSPS) is 11.2. The van der Waals surface area contributed by atoms with Crippen molar-refractivity contribution in [3.8, 4) is 5.75 Å². The van der Waals surface area contributed by atoms with E-state index in [9.17, 15) is 13.2 Å². The van der Waals surface area contributed by atoms with Gasteiger partial charge in [-0.15, -0.1) is 0 Å². The van der Waals surface area contributed by atoms with Crippen molar-refractivity contribution >= 4 is 21.6 Å². The lowest BCUT2D eigenvalue weighted by atomic mass is 10.1. The molecule has 0 aliphatic heterocycles. The Balaban J connectivity index is 1.62. The second kappa shape index (κ2) is 10.5. The molecule has 0 saturated carbocycles. The van der Waals surface area contributed by atoms with Crippen molar-refractivity contribution in [2.45, 2.75) is 27.3 Å². The number of hydrogen-bond donors (Lipinski definition) is 1. The number of sulfonamides is 1. The third kappa shape index (κ3) is 6.58. The first-order valence-corrected chi connectivity index (χ1v) is 12.6. The average Bonchev–Trinajstić information content (AvgIpc) is 2.77. The minimum absolute atomic E-state index is 0.190. The second-order valence-electron chi connectivity index (χ2n) is 8.13. The summed E-state index contributed by atoms with van der Waals surface area (Å²) in [5.74, 6) is 0.597. The van der Waals surface area contributed by atoms with Gasteiger partial charge in [-0.3, -0.25) is 9.10 Å². The lowest BCUT2D eigenvalue weighted by Gasteiger charge is -2.25. The van der Waals surface area contributed by atoms with Crippen molar-refractivity contribution in [2.75, 3.05) is 23.7 Å². The highest BCUT2D eigenvalue weighted by Gasteiger charge is 2.20. The number of nitrogens with one attached hydrogen (secondary N) is 1. The Morgan fingerprint density at radius 3 is 2.30 bits per heavy atom. The lowest BCUT2D eigenvalue weighted by molar-refractivity contribution is 0.0947. The van der Waals surface area contributed by atoms with Crippen molar-refractivity contribution in [3.63, 3.8) is 0 Å². The topological polar surface area (TPSA) is 75.7 Å². The molecule has 0 aliphatic carbocycles. The van der Waals surface area contributed by atoms with E-state index in [-0.39, 0.29) is 12.5 Å². The molecule has 33 heavy (non-hydrogen) atoms. The molecule has 0 bridgehead atoms. The minimum Gasteiger partial charge on any atom is -0.491 e. The van der Waals surface area contributed by atoms with Gasteiger partial charge in [0.15, 0.2) is 0 Å². The highest BCUT2D eigenvalue weighted by molar-refractivity contribution is 7.92. The fraction of sp³-hybridized carbons (Fsp3) is 0.269. The van der Waals surface area contributed by atoms with Crippen LogP contribution in [0.15, 0.2) is 66.7 Å². The van der Waals surface area contributed by atoms with Crippen molar-refractivity contribution < 1.29 is 17.9 Å². The molecule has 1 amide bonds. The van der Waals surface area contributed by atoms with E-state index < -0.39 is 10.0 Å². The summed E-state index contributed by atoms with van der Waals surface area (Å²) in [7, 11) is -3.48. The van der Waals surface area contributed by atoms with Crippen molar-refractivity contribution in [1.82, 2.24) is 5.32 Å². The van der Waals surface area contributed by atoms with Crippen LogP contribution in [0, 0.1) is 20.8 Å². The maximum absolute atomic E-state index is 12.5. The maximum atomic E-state index is 12.5. The van der Waals surface area contributed by atoms with Crippen molar-refractivity contribution in [3.05, 3.63) is 94.5 Å². The Morgan fingerprint density at radius 2 is 1.64 bits per heavy atom. The van der Waals surface area contributed by atoms with E-state index in [1.165, 1.54) is 10.6 Å². The summed E-state index contributed by atoms with van der Waals surface area (Å²) in [4.78, 5) is 12.4. The molecule has 0 aromatic heterocycles. The number of benzene rings is 3. The number of carbonyl (C=O) groups excluding carboxylic acids is 1. The number of anilines is 1.